The van der Waals surface area contributed by atoms with Gasteiger partial charge in [0.1, 0.15) is 0 Å². The summed E-state index contributed by atoms with van der Waals surface area (Å²) in [6.07, 6.45) is 2.80. The zero-order valence-electron chi connectivity index (χ0n) is 13.2. The number of rotatable bonds is 6. The zero-order chi connectivity index (χ0) is 16.9. The molecule has 0 unspecified atom stereocenters. The number of amides is 1. The summed E-state index contributed by atoms with van der Waals surface area (Å²) in [4.78, 5) is 12.9. The molecule has 0 atom stereocenters. The molecular formula is C20H18BrNOS. The van der Waals surface area contributed by atoms with Crippen molar-refractivity contribution in [2.45, 2.75) is 12.8 Å². The Balaban J connectivity index is 1.95. The minimum atomic E-state index is 0.0203. The Morgan fingerprint density at radius 2 is 2.00 bits per heavy atom. The fourth-order valence-corrected chi connectivity index (χ4v) is 4.32. The molecule has 2 nitrogen and oxygen atoms in total. The summed E-state index contributed by atoms with van der Waals surface area (Å²) in [6.45, 7) is 4.23. The molecule has 4 heteroatoms. The summed E-state index contributed by atoms with van der Waals surface area (Å²) < 4.78 is 2.34. The molecule has 3 rings (SSSR count). The smallest absolute Gasteiger partial charge is 0.223 e. The minimum Gasteiger partial charge on any atom is -0.356 e. The molecule has 0 saturated heterocycles. The Bertz CT molecular complexity index is 870. The number of nitrogens with one attached hydrogen (secondary N) is 1. The van der Waals surface area contributed by atoms with Crippen molar-refractivity contribution in [3.63, 3.8) is 0 Å². The second-order valence-electron chi connectivity index (χ2n) is 5.51. The van der Waals surface area contributed by atoms with Crippen molar-refractivity contribution in [2.75, 3.05) is 6.54 Å². The summed E-state index contributed by atoms with van der Waals surface area (Å²) in [5.74, 6) is 0.0203. The van der Waals surface area contributed by atoms with E-state index in [4.69, 9.17) is 0 Å². The van der Waals surface area contributed by atoms with Gasteiger partial charge in [0.25, 0.3) is 0 Å². The van der Waals surface area contributed by atoms with Crippen LogP contribution < -0.4 is 5.32 Å². The molecule has 1 amide bonds. The molecule has 0 saturated carbocycles. The molecule has 0 aliphatic carbocycles. The third-order valence-electron chi connectivity index (χ3n) is 3.82. The standard InChI is InChI=1S/C20H18BrNOS/c1-2-6-19(23)22-12-11-16-17-13-15(21)9-10-18(17)24-20(16)14-7-4-3-5-8-14/h2-5,7-10,13H,1,6,11-12H2,(H,22,23). The van der Waals surface area contributed by atoms with E-state index in [0.29, 0.717) is 13.0 Å². The van der Waals surface area contributed by atoms with Crippen LogP contribution in [0, 0.1) is 0 Å². The molecule has 3 aromatic rings. The van der Waals surface area contributed by atoms with Crippen molar-refractivity contribution in [3.8, 4) is 10.4 Å². The van der Waals surface area contributed by atoms with Crippen LogP contribution in [0.15, 0.2) is 65.7 Å². The average Bonchev–Trinajstić information content (AvgIpc) is 2.94. The topological polar surface area (TPSA) is 29.1 Å². The van der Waals surface area contributed by atoms with E-state index in [9.17, 15) is 4.79 Å². The number of benzene rings is 2. The number of carbonyl (C=O) groups excluding carboxylic acids is 1. The summed E-state index contributed by atoms with van der Waals surface area (Å²) in [6, 6.07) is 16.8. The van der Waals surface area contributed by atoms with Crippen molar-refractivity contribution in [1.29, 1.82) is 0 Å². The number of halogens is 1. The maximum Gasteiger partial charge on any atom is 0.223 e. The Kier molecular flexibility index (Phi) is 5.48. The lowest BCUT2D eigenvalue weighted by molar-refractivity contribution is -0.120. The maximum atomic E-state index is 11.7. The van der Waals surface area contributed by atoms with E-state index in [1.807, 2.05) is 6.07 Å². The van der Waals surface area contributed by atoms with Gasteiger partial charge in [0, 0.05) is 27.0 Å². The van der Waals surface area contributed by atoms with Crippen molar-refractivity contribution < 1.29 is 4.79 Å². The van der Waals surface area contributed by atoms with E-state index in [1.165, 1.54) is 26.1 Å². The monoisotopic (exact) mass is 399 g/mol. The van der Waals surface area contributed by atoms with Crippen molar-refractivity contribution in [3.05, 3.63) is 71.2 Å². The SMILES string of the molecule is C=CCC(=O)NCCc1c(-c2ccccc2)sc2ccc(Br)cc12. The highest BCUT2D eigenvalue weighted by Gasteiger charge is 2.14. The number of hydrogen-bond acceptors (Lipinski definition) is 2. The van der Waals surface area contributed by atoms with Crippen LogP contribution in [0.25, 0.3) is 20.5 Å². The van der Waals surface area contributed by atoms with E-state index in [2.05, 4.69) is 70.3 Å². The Morgan fingerprint density at radius 3 is 2.75 bits per heavy atom. The van der Waals surface area contributed by atoms with Gasteiger partial charge >= 0.3 is 0 Å². The van der Waals surface area contributed by atoms with E-state index in [1.54, 1.807) is 17.4 Å². The van der Waals surface area contributed by atoms with Crippen LogP contribution in [0.1, 0.15) is 12.0 Å². The van der Waals surface area contributed by atoms with Gasteiger partial charge in [-0.15, -0.1) is 17.9 Å². The van der Waals surface area contributed by atoms with Gasteiger partial charge in [-0.1, -0.05) is 52.3 Å². The van der Waals surface area contributed by atoms with Crippen LogP contribution in [0.3, 0.4) is 0 Å². The Labute approximate surface area is 154 Å². The quantitative estimate of drug-likeness (QED) is 0.539. The molecule has 1 N–H and O–H groups in total. The lowest BCUT2D eigenvalue weighted by Crippen LogP contribution is -2.24. The number of fused-ring (bicyclic) bond motifs is 1. The summed E-state index contributed by atoms with van der Waals surface area (Å²) >= 11 is 5.37. The first-order valence-corrected chi connectivity index (χ1v) is 9.44. The minimum absolute atomic E-state index is 0.0203. The van der Waals surface area contributed by atoms with Crippen molar-refractivity contribution >= 4 is 43.3 Å². The van der Waals surface area contributed by atoms with E-state index >= 15 is 0 Å². The molecule has 1 heterocycles. The second-order valence-corrected chi connectivity index (χ2v) is 7.48. The van der Waals surface area contributed by atoms with Crippen LogP contribution in [-0.4, -0.2) is 12.5 Å². The van der Waals surface area contributed by atoms with Crippen LogP contribution in [-0.2, 0) is 11.2 Å². The molecule has 122 valence electrons. The molecule has 24 heavy (non-hydrogen) atoms. The molecule has 0 spiro atoms. The molecule has 0 bridgehead atoms. The van der Waals surface area contributed by atoms with Gasteiger partial charge in [0.15, 0.2) is 0 Å². The van der Waals surface area contributed by atoms with Gasteiger partial charge in [-0.05, 0) is 41.1 Å². The fraction of sp³-hybridized carbons (Fsp3) is 0.150. The molecule has 0 fully saturated rings. The lowest BCUT2D eigenvalue weighted by Gasteiger charge is -2.07. The molecule has 0 aliphatic rings. The van der Waals surface area contributed by atoms with E-state index in [-0.39, 0.29) is 5.91 Å². The summed E-state index contributed by atoms with van der Waals surface area (Å²) in [5.41, 5.74) is 2.52. The first kappa shape index (κ1) is 16.9. The summed E-state index contributed by atoms with van der Waals surface area (Å²) in [7, 11) is 0. The molecule has 0 radical (unpaired) electrons. The maximum absolute atomic E-state index is 11.7. The predicted octanol–water partition coefficient (Wildman–Crippen LogP) is 5.57. The molecular weight excluding hydrogens is 382 g/mol. The first-order chi connectivity index (χ1) is 11.7. The number of carbonyl (C=O) groups is 1. The van der Waals surface area contributed by atoms with Gasteiger partial charge in [-0.2, -0.15) is 0 Å². The molecule has 0 aliphatic heterocycles. The number of hydrogen-bond donors (Lipinski definition) is 1. The predicted molar refractivity (Wildman–Crippen MR) is 106 cm³/mol. The van der Waals surface area contributed by atoms with Crippen molar-refractivity contribution in [2.24, 2.45) is 0 Å². The highest BCUT2D eigenvalue weighted by molar-refractivity contribution is 9.10. The van der Waals surface area contributed by atoms with Crippen LogP contribution in [0.4, 0.5) is 0 Å². The largest absolute Gasteiger partial charge is 0.356 e. The molecule has 1 aromatic heterocycles. The van der Waals surface area contributed by atoms with E-state index in [0.717, 1.165) is 10.9 Å². The zero-order valence-corrected chi connectivity index (χ0v) is 15.6. The van der Waals surface area contributed by atoms with Crippen LogP contribution in [0.2, 0.25) is 0 Å². The fourth-order valence-electron chi connectivity index (χ4n) is 2.72. The third kappa shape index (κ3) is 3.77. The third-order valence-corrected chi connectivity index (χ3v) is 5.57. The van der Waals surface area contributed by atoms with Gasteiger partial charge in [0.05, 0.1) is 0 Å². The second kappa shape index (κ2) is 7.77. The Hall–Kier alpha value is -1.91. The Morgan fingerprint density at radius 1 is 1.21 bits per heavy atom. The average molecular weight is 400 g/mol. The molecule has 2 aromatic carbocycles. The van der Waals surface area contributed by atoms with E-state index < -0.39 is 0 Å². The first-order valence-electron chi connectivity index (χ1n) is 7.83. The van der Waals surface area contributed by atoms with Crippen LogP contribution in [0.5, 0.6) is 0 Å². The van der Waals surface area contributed by atoms with Gasteiger partial charge in [-0.25, -0.2) is 0 Å². The van der Waals surface area contributed by atoms with Crippen molar-refractivity contribution in [1.82, 2.24) is 5.32 Å². The number of thiophene rings is 1. The van der Waals surface area contributed by atoms with Gasteiger partial charge < -0.3 is 5.32 Å². The van der Waals surface area contributed by atoms with Gasteiger partial charge in [-0.3, -0.25) is 4.79 Å². The van der Waals surface area contributed by atoms with Gasteiger partial charge in [0.2, 0.25) is 5.91 Å². The lowest BCUT2D eigenvalue weighted by atomic mass is 10.0. The summed E-state index contributed by atoms with van der Waals surface area (Å²) in [5, 5.41) is 4.22. The normalized spacial score (nSPS) is 10.7. The highest BCUT2D eigenvalue weighted by atomic mass is 79.9. The van der Waals surface area contributed by atoms with Crippen LogP contribution >= 0.6 is 27.3 Å². The highest BCUT2D eigenvalue weighted by Crippen LogP contribution is 2.39.